The van der Waals surface area contributed by atoms with E-state index in [9.17, 15) is 4.39 Å². The number of anilines is 1. The third kappa shape index (κ3) is 1.96. The van der Waals surface area contributed by atoms with Crippen molar-refractivity contribution in [3.05, 3.63) is 23.1 Å². The molecule has 2 rings (SSSR count). The summed E-state index contributed by atoms with van der Waals surface area (Å²) in [6.45, 7) is 1.29. The maximum atomic E-state index is 13.4. The molecule has 5 heteroatoms. The van der Waals surface area contributed by atoms with E-state index in [2.05, 4.69) is 4.98 Å². The van der Waals surface area contributed by atoms with Gasteiger partial charge in [0.15, 0.2) is 11.6 Å². The lowest BCUT2D eigenvalue weighted by Gasteiger charge is -2.26. The standard InChI is InChI=1S/C9H10ClFN2O/c10-7-5-8(11)9(12-6-7)13-3-1-2-4-14-13/h5-6H,1-4H2. The number of hydroxylamine groups is 1. The minimum Gasteiger partial charge on any atom is -0.272 e. The van der Waals surface area contributed by atoms with E-state index in [0.29, 0.717) is 18.2 Å². The van der Waals surface area contributed by atoms with Gasteiger partial charge in [-0.3, -0.25) is 4.84 Å². The quantitative estimate of drug-likeness (QED) is 0.721. The molecule has 0 unspecified atom stereocenters. The zero-order valence-electron chi connectivity index (χ0n) is 7.54. The molecule has 0 N–H and O–H groups in total. The molecule has 0 saturated carbocycles. The van der Waals surface area contributed by atoms with E-state index in [1.807, 2.05) is 0 Å². The molecule has 0 amide bonds. The molecule has 1 aliphatic rings. The first-order valence-electron chi connectivity index (χ1n) is 4.49. The summed E-state index contributed by atoms with van der Waals surface area (Å²) in [4.78, 5) is 9.17. The highest BCUT2D eigenvalue weighted by molar-refractivity contribution is 6.30. The number of pyridine rings is 1. The molecule has 0 bridgehead atoms. The number of halogens is 2. The van der Waals surface area contributed by atoms with Crippen LogP contribution in [-0.2, 0) is 4.84 Å². The molecule has 14 heavy (non-hydrogen) atoms. The van der Waals surface area contributed by atoms with Gasteiger partial charge in [0.05, 0.1) is 11.6 Å². The normalized spacial score (nSPS) is 17.1. The van der Waals surface area contributed by atoms with Crippen LogP contribution in [-0.4, -0.2) is 18.1 Å². The number of rotatable bonds is 1. The molecule has 2 heterocycles. The lowest BCUT2D eigenvalue weighted by molar-refractivity contribution is 0.0745. The predicted octanol–water partition coefficient (Wildman–Crippen LogP) is 2.41. The van der Waals surface area contributed by atoms with Crippen molar-refractivity contribution in [1.82, 2.24) is 4.98 Å². The summed E-state index contributed by atoms with van der Waals surface area (Å²) in [5.41, 5.74) is 0. The Morgan fingerprint density at radius 1 is 1.50 bits per heavy atom. The van der Waals surface area contributed by atoms with Gasteiger partial charge in [0.25, 0.3) is 0 Å². The van der Waals surface area contributed by atoms with Crippen molar-refractivity contribution in [3.63, 3.8) is 0 Å². The Morgan fingerprint density at radius 3 is 3.00 bits per heavy atom. The minimum absolute atomic E-state index is 0.217. The second-order valence-electron chi connectivity index (χ2n) is 3.10. The van der Waals surface area contributed by atoms with Gasteiger partial charge in [0, 0.05) is 12.7 Å². The van der Waals surface area contributed by atoms with Crippen molar-refractivity contribution in [2.75, 3.05) is 18.2 Å². The van der Waals surface area contributed by atoms with Crippen LogP contribution >= 0.6 is 11.6 Å². The van der Waals surface area contributed by atoms with Gasteiger partial charge in [-0.2, -0.15) is 0 Å². The summed E-state index contributed by atoms with van der Waals surface area (Å²) < 4.78 is 13.4. The number of nitrogens with zero attached hydrogens (tertiary/aromatic N) is 2. The van der Waals surface area contributed by atoms with Gasteiger partial charge in [-0.15, -0.1) is 0 Å². The van der Waals surface area contributed by atoms with Crippen molar-refractivity contribution in [1.29, 1.82) is 0 Å². The Balaban J connectivity index is 2.22. The lowest BCUT2D eigenvalue weighted by atomic mass is 10.3. The van der Waals surface area contributed by atoms with Crippen LogP contribution in [0.2, 0.25) is 5.02 Å². The maximum Gasteiger partial charge on any atom is 0.189 e. The Bertz CT molecular complexity index is 329. The van der Waals surface area contributed by atoms with Gasteiger partial charge in [0.1, 0.15) is 0 Å². The van der Waals surface area contributed by atoms with Crippen molar-refractivity contribution in [3.8, 4) is 0 Å². The largest absolute Gasteiger partial charge is 0.272 e. The monoisotopic (exact) mass is 216 g/mol. The zero-order valence-corrected chi connectivity index (χ0v) is 8.30. The van der Waals surface area contributed by atoms with Gasteiger partial charge < -0.3 is 0 Å². The fraction of sp³-hybridized carbons (Fsp3) is 0.444. The Labute approximate surface area is 86.4 Å². The van der Waals surface area contributed by atoms with Crippen molar-refractivity contribution >= 4 is 17.4 Å². The first-order chi connectivity index (χ1) is 6.77. The first-order valence-corrected chi connectivity index (χ1v) is 4.86. The molecular formula is C9H10ClFN2O. The molecule has 1 aromatic rings. The molecule has 0 aliphatic carbocycles. The topological polar surface area (TPSA) is 25.4 Å². The van der Waals surface area contributed by atoms with E-state index in [1.54, 1.807) is 0 Å². The summed E-state index contributed by atoms with van der Waals surface area (Å²) >= 11 is 5.59. The third-order valence-electron chi connectivity index (χ3n) is 2.03. The summed E-state index contributed by atoms with van der Waals surface area (Å²) in [6.07, 6.45) is 3.41. The van der Waals surface area contributed by atoms with Gasteiger partial charge in [-0.05, 0) is 18.9 Å². The summed E-state index contributed by atoms with van der Waals surface area (Å²) in [7, 11) is 0. The summed E-state index contributed by atoms with van der Waals surface area (Å²) in [5, 5.41) is 1.78. The fourth-order valence-electron chi connectivity index (χ4n) is 1.35. The minimum atomic E-state index is -0.445. The highest BCUT2D eigenvalue weighted by Gasteiger charge is 2.17. The maximum absolute atomic E-state index is 13.4. The van der Waals surface area contributed by atoms with E-state index < -0.39 is 5.82 Å². The molecule has 0 spiro atoms. The smallest absolute Gasteiger partial charge is 0.189 e. The van der Waals surface area contributed by atoms with Crippen LogP contribution in [0, 0.1) is 5.82 Å². The zero-order chi connectivity index (χ0) is 9.97. The average Bonchev–Trinajstić information content (AvgIpc) is 2.19. The van der Waals surface area contributed by atoms with Crippen LogP contribution in [0.3, 0.4) is 0 Å². The van der Waals surface area contributed by atoms with Gasteiger partial charge >= 0.3 is 0 Å². The molecule has 0 radical (unpaired) electrons. The molecule has 0 atom stereocenters. The second-order valence-corrected chi connectivity index (χ2v) is 3.54. The van der Waals surface area contributed by atoms with Crippen LogP contribution in [0.15, 0.2) is 12.3 Å². The summed E-state index contributed by atoms with van der Waals surface area (Å²) in [6, 6.07) is 1.24. The van der Waals surface area contributed by atoms with E-state index in [-0.39, 0.29) is 5.82 Å². The summed E-state index contributed by atoms with van der Waals surface area (Å²) in [5.74, 6) is -0.228. The van der Waals surface area contributed by atoms with E-state index >= 15 is 0 Å². The number of hydrogen-bond donors (Lipinski definition) is 0. The molecule has 1 aromatic heterocycles. The lowest BCUT2D eigenvalue weighted by Crippen LogP contribution is -2.31. The Hall–Kier alpha value is -0.870. The highest BCUT2D eigenvalue weighted by Crippen LogP contribution is 2.22. The van der Waals surface area contributed by atoms with Crippen LogP contribution in [0.1, 0.15) is 12.8 Å². The van der Waals surface area contributed by atoms with Gasteiger partial charge in [-0.1, -0.05) is 11.6 Å². The van der Waals surface area contributed by atoms with Crippen molar-refractivity contribution in [2.24, 2.45) is 0 Å². The van der Waals surface area contributed by atoms with Crippen molar-refractivity contribution < 1.29 is 9.23 Å². The van der Waals surface area contributed by atoms with Crippen molar-refractivity contribution in [2.45, 2.75) is 12.8 Å². The van der Waals surface area contributed by atoms with Crippen LogP contribution in [0.25, 0.3) is 0 Å². The SMILES string of the molecule is Fc1cc(Cl)cnc1N1CCCCO1. The molecular weight excluding hydrogens is 207 g/mol. The van der Waals surface area contributed by atoms with E-state index in [1.165, 1.54) is 17.3 Å². The average molecular weight is 217 g/mol. The third-order valence-corrected chi connectivity index (χ3v) is 2.23. The number of hydrogen-bond acceptors (Lipinski definition) is 3. The Morgan fingerprint density at radius 2 is 2.36 bits per heavy atom. The molecule has 3 nitrogen and oxygen atoms in total. The molecule has 1 saturated heterocycles. The molecule has 1 aliphatic heterocycles. The predicted molar refractivity (Wildman–Crippen MR) is 51.7 cm³/mol. The second kappa shape index (κ2) is 4.11. The van der Waals surface area contributed by atoms with Gasteiger partial charge in [0.2, 0.25) is 0 Å². The Kier molecular flexibility index (Phi) is 2.84. The van der Waals surface area contributed by atoms with Crippen LogP contribution in [0.5, 0.6) is 0 Å². The first kappa shape index (κ1) is 9.68. The molecule has 0 aromatic carbocycles. The van der Waals surface area contributed by atoms with E-state index in [0.717, 1.165) is 12.8 Å². The van der Waals surface area contributed by atoms with Crippen LogP contribution < -0.4 is 5.06 Å². The molecule has 1 fully saturated rings. The highest BCUT2D eigenvalue weighted by atomic mass is 35.5. The van der Waals surface area contributed by atoms with Gasteiger partial charge in [-0.25, -0.2) is 14.4 Å². The van der Waals surface area contributed by atoms with E-state index in [4.69, 9.17) is 16.4 Å². The molecule has 76 valence electrons. The van der Waals surface area contributed by atoms with Crippen LogP contribution in [0.4, 0.5) is 10.2 Å². The fourth-order valence-corrected chi connectivity index (χ4v) is 1.50. The number of aromatic nitrogens is 1.